The molecule has 1 aromatic heterocycles. The van der Waals surface area contributed by atoms with Crippen molar-refractivity contribution >= 4 is 27.4 Å². The van der Waals surface area contributed by atoms with Crippen molar-refractivity contribution in [2.24, 2.45) is 0 Å². The summed E-state index contributed by atoms with van der Waals surface area (Å²) in [5.74, 6) is 0.0785. The molecule has 0 fully saturated rings. The fourth-order valence-electron chi connectivity index (χ4n) is 1.68. The summed E-state index contributed by atoms with van der Waals surface area (Å²) in [5.41, 5.74) is 0. The van der Waals surface area contributed by atoms with Crippen LogP contribution in [0.3, 0.4) is 0 Å². The van der Waals surface area contributed by atoms with Crippen molar-refractivity contribution in [1.29, 1.82) is 0 Å². The number of hydrogen-bond donors (Lipinski definition) is 0. The van der Waals surface area contributed by atoms with Crippen LogP contribution in [0.1, 0.15) is 24.1 Å². The number of carbonyl (C=O) groups excluding carboxylic acids is 1. The molecule has 0 spiro atoms. The second kappa shape index (κ2) is 4.66. The lowest BCUT2D eigenvalue weighted by Gasteiger charge is -2.06. The predicted molar refractivity (Wildman–Crippen MR) is 66.9 cm³/mol. The highest BCUT2D eigenvalue weighted by molar-refractivity contribution is 7.19. The Bertz CT molecular complexity index is 468. The van der Waals surface area contributed by atoms with Gasteiger partial charge in [0.25, 0.3) is 0 Å². The molecule has 0 aliphatic carbocycles. The zero-order valence-corrected chi connectivity index (χ0v) is 10.2. The fourth-order valence-corrected chi connectivity index (χ4v) is 2.79. The first-order chi connectivity index (χ1) is 7.70. The van der Waals surface area contributed by atoms with Crippen molar-refractivity contribution in [2.45, 2.75) is 19.3 Å². The van der Waals surface area contributed by atoms with Crippen molar-refractivity contribution in [3.05, 3.63) is 35.2 Å². The highest BCUT2D eigenvalue weighted by Crippen LogP contribution is 2.32. The quantitative estimate of drug-likeness (QED) is 0.759. The van der Waals surface area contributed by atoms with Gasteiger partial charge in [0.05, 0.1) is 13.5 Å². The third-order valence-corrected chi connectivity index (χ3v) is 3.98. The Morgan fingerprint density at radius 2 is 2.19 bits per heavy atom. The molecule has 1 heterocycles. The van der Waals surface area contributed by atoms with E-state index in [0.29, 0.717) is 6.42 Å². The van der Waals surface area contributed by atoms with E-state index in [2.05, 4.69) is 29.9 Å². The Balaban J connectivity index is 2.23. The van der Waals surface area contributed by atoms with Crippen LogP contribution in [0, 0.1) is 0 Å². The number of benzene rings is 1. The van der Waals surface area contributed by atoms with E-state index in [4.69, 9.17) is 0 Å². The molecule has 0 saturated heterocycles. The highest BCUT2D eigenvalue weighted by atomic mass is 32.1. The lowest BCUT2D eigenvalue weighted by atomic mass is 10.1. The van der Waals surface area contributed by atoms with Gasteiger partial charge in [0.15, 0.2) is 0 Å². The van der Waals surface area contributed by atoms with Crippen LogP contribution in [0.2, 0.25) is 0 Å². The van der Waals surface area contributed by atoms with E-state index in [1.807, 2.05) is 12.1 Å². The van der Waals surface area contributed by atoms with Gasteiger partial charge in [0, 0.05) is 15.5 Å². The van der Waals surface area contributed by atoms with E-state index < -0.39 is 0 Å². The fraction of sp³-hybridized carbons (Fsp3) is 0.308. The van der Waals surface area contributed by atoms with Gasteiger partial charge in [0.1, 0.15) is 0 Å². The molecule has 16 heavy (non-hydrogen) atoms. The van der Waals surface area contributed by atoms with Gasteiger partial charge in [-0.25, -0.2) is 0 Å². The number of thiophene rings is 1. The summed E-state index contributed by atoms with van der Waals surface area (Å²) in [6.07, 6.45) is 0.448. The average Bonchev–Trinajstić information content (AvgIpc) is 2.72. The Morgan fingerprint density at radius 3 is 2.88 bits per heavy atom. The number of fused-ring (bicyclic) bond motifs is 1. The largest absolute Gasteiger partial charge is 0.469 e. The Kier molecular flexibility index (Phi) is 3.25. The van der Waals surface area contributed by atoms with E-state index in [1.54, 1.807) is 11.3 Å². The molecule has 2 nitrogen and oxygen atoms in total. The third-order valence-electron chi connectivity index (χ3n) is 2.63. The number of rotatable bonds is 3. The topological polar surface area (TPSA) is 26.3 Å². The van der Waals surface area contributed by atoms with Gasteiger partial charge < -0.3 is 4.74 Å². The van der Waals surface area contributed by atoms with Crippen LogP contribution >= 0.6 is 11.3 Å². The monoisotopic (exact) mass is 234 g/mol. The summed E-state index contributed by atoms with van der Waals surface area (Å²) in [6.45, 7) is 2.06. The van der Waals surface area contributed by atoms with Crippen LogP contribution in [0.25, 0.3) is 10.1 Å². The van der Waals surface area contributed by atoms with Gasteiger partial charge in [-0.1, -0.05) is 25.1 Å². The van der Waals surface area contributed by atoms with Gasteiger partial charge in [0.2, 0.25) is 0 Å². The minimum Gasteiger partial charge on any atom is -0.469 e. The Labute approximate surface area is 98.9 Å². The number of esters is 1. The van der Waals surface area contributed by atoms with Crippen LogP contribution in [-0.2, 0) is 9.53 Å². The molecule has 2 aromatic rings. The van der Waals surface area contributed by atoms with Gasteiger partial charge >= 0.3 is 5.97 Å². The predicted octanol–water partition coefficient (Wildman–Crippen LogP) is 3.57. The third kappa shape index (κ3) is 2.25. The maximum absolute atomic E-state index is 11.2. The summed E-state index contributed by atoms with van der Waals surface area (Å²) in [6, 6.07) is 10.4. The number of methoxy groups -OCH3 is 1. The van der Waals surface area contributed by atoms with Crippen LogP contribution in [0.4, 0.5) is 0 Å². The summed E-state index contributed by atoms with van der Waals surface area (Å²) in [5, 5.41) is 1.25. The van der Waals surface area contributed by atoms with E-state index in [1.165, 1.54) is 22.1 Å². The van der Waals surface area contributed by atoms with Crippen LogP contribution < -0.4 is 0 Å². The van der Waals surface area contributed by atoms with Crippen molar-refractivity contribution in [2.75, 3.05) is 7.11 Å². The molecule has 0 saturated carbocycles. The standard InChI is InChI=1S/C13H14O2S/c1-9(7-13(14)15-2)12-8-10-5-3-4-6-11(10)16-12/h3-6,8-9H,7H2,1-2H3. The van der Waals surface area contributed by atoms with E-state index >= 15 is 0 Å². The van der Waals surface area contributed by atoms with Gasteiger partial charge in [-0.15, -0.1) is 11.3 Å². The molecule has 0 amide bonds. The van der Waals surface area contributed by atoms with Crippen LogP contribution in [0.15, 0.2) is 30.3 Å². The molecule has 84 valence electrons. The molecule has 1 atom stereocenters. The maximum atomic E-state index is 11.2. The highest BCUT2D eigenvalue weighted by Gasteiger charge is 2.13. The van der Waals surface area contributed by atoms with Crippen LogP contribution in [0.5, 0.6) is 0 Å². The SMILES string of the molecule is COC(=O)CC(C)c1cc2ccccc2s1. The van der Waals surface area contributed by atoms with Gasteiger partial charge in [-0.2, -0.15) is 0 Å². The molecule has 2 rings (SSSR count). The average molecular weight is 234 g/mol. The smallest absolute Gasteiger partial charge is 0.306 e. The molecule has 0 N–H and O–H groups in total. The number of ether oxygens (including phenoxy) is 1. The Hall–Kier alpha value is -1.35. The first-order valence-electron chi connectivity index (χ1n) is 5.26. The second-order valence-corrected chi connectivity index (χ2v) is 4.98. The van der Waals surface area contributed by atoms with E-state index in [0.717, 1.165) is 0 Å². The summed E-state index contributed by atoms with van der Waals surface area (Å²) in [7, 11) is 1.43. The van der Waals surface area contributed by atoms with Gasteiger partial charge in [-0.05, 0) is 17.5 Å². The molecule has 0 aliphatic rings. The van der Waals surface area contributed by atoms with Gasteiger partial charge in [-0.3, -0.25) is 4.79 Å². The molecular weight excluding hydrogens is 220 g/mol. The van der Waals surface area contributed by atoms with Crippen molar-refractivity contribution in [3.63, 3.8) is 0 Å². The molecular formula is C13H14O2S. The normalized spacial score (nSPS) is 12.6. The molecule has 1 unspecified atom stereocenters. The van der Waals surface area contributed by atoms with E-state index in [-0.39, 0.29) is 11.9 Å². The molecule has 0 bridgehead atoms. The Morgan fingerprint density at radius 1 is 1.44 bits per heavy atom. The van der Waals surface area contributed by atoms with Crippen molar-refractivity contribution < 1.29 is 9.53 Å². The first kappa shape index (κ1) is 11.1. The molecule has 0 aliphatic heterocycles. The number of carbonyl (C=O) groups is 1. The zero-order chi connectivity index (χ0) is 11.5. The minimum atomic E-state index is -0.148. The summed E-state index contributed by atoms with van der Waals surface area (Å²) < 4.78 is 5.95. The summed E-state index contributed by atoms with van der Waals surface area (Å²) >= 11 is 1.75. The van der Waals surface area contributed by atoms with Crippen LogP contribution in [-0.4, -0.2) is 13.1 Å². The minimum absolute atomic E-state index is 0.148. The van der Waals surface area contributed by atoms with Crippen molar-refractivity contribution in [3.8, 4) is 0 Å². The maximum Gasteiger partial charge on any atom is 0.306 e. The number of hydrogen-bond acceptors (Lipinski definition) is 3. The molecule has 1 aromatic carbocycles. The first-order valence-corrected chi connectivity index (χ1v) is 6.07. The zero-order valence-electron chi connectivity index (χ0n) is 9.40. The van der Waals surface area contributed by atoms with E-state index in [9.17, 15) is 4.79 Å². The van der Waals surface area contributed by atoms with Crippen molar-refractivity contribution in [1.82, 2.24) is 0 Å². The lowest BCUT2D eigenvalue weighted by Crippen LogP contribution is -2.04. The molecule has 3 heteroatoms. The molecule has 0 radical (unpaired) electrons. The summed E-state index contributed by atoms with van der Waals surface area (Å²) in [4.78, 5) is 12.4. The second-order valence-electron chi connectivity index (χ2n) is 3.87. The lowest BCUT2D eigenvalue weighted by molar-refractivity contribution is -0.140.